The maximum Gasteiger partial charge on any atom is 0.233 e. The highest BCUT2D eigenvalue weighted by atomic mass is 35.5. The summed E-state index contributed by atoms with van der Waals surface area (Å²) in [5.41, 5.74) is 1.40. The number of thiazole rings is 1. The number of amides is 1. The number of fused-ring (bicyclic) bond motifs is 1. The number of aromatic nitrogens is 3. The van der Waals surface area contributed by atoms with Gasteiger partial charge in [-0.2, -0.15) is 5.10 Å². The molecule has 4 aromatic rings. The molecule has 0 aliphatic heterocycles. The van der Waals surface area contributed by atoms with Crippen LogP contribution in [0.5, 0.6) is 0 Å². The molecule has 4 rings (SSSR count). The molecule has 32 heavy (non-hydrogen) atoms. The van der Waals surface area contributed by atoms with Crippen LogP contribution in [0.3, 0.4) is 0 Å². The molecule has 7 nitrogen and oxygen atoms in total. The number of hydrogen-bond acceptors (Lipinski definition) is 6. The SMILES string of the molecule is CCS(=O)(=O)c1ccc(CC(=O)N(CCn2cccn2)c2nc3c(Cl)cccc3s2)cc1. The molecule has 0 radical (unpaired) electrons. The molecule has 0 aliphatic carbocycles. The first-order valence-electron chi connectivity index (χ1n) is 10.0. The number of rotatable bonds is 8. The third-order valence-corrected chi connectivity index (χ3v) is 8.12. The zero-order valence-electron chi connectivity index (χ0n) is 17.3. The second-order valence-electron chi connectivity index (χ2n) is 7.12. The van der Waals surface area contributed by atoms with Gasteiger partial charge in [-0.1, -0.05) is 48.1 Å². The Morgan fingerprint density at radius 3 is 2.59 bits per heavy atom. The molecule has 0 N–H and O–H groups in total. The minimum absolute atomic E-state index is 0.0344. The zero-order valence-corrected chi connectivity index (χ0v) is 19.7. The number of anilines is 1. The molecule has 2 aromatic carbocycles. The van der Waals surface area contributed by atoms with Crippen LogP contribution in [0.1, 0.15) is 12.5 Å². The van der Waals surface area contributed by atoms with Gasteiger partial charge in [0, 0.05) is 18.9 Å². The maximum atomic E-state index is 13.3. The molecule has 0 unspecified atom stereocenters. The Balaban J connectivity index is 1.59. The minimum atomic E-state index is -3.28. The van der Waals surface area contributed by atoms with E-state index in [1.165, 1.54) is 11.3 Å². The lowest BCUT2D eigenvalue weighted by Crippen LogP contribution is -2.35. The van der Waals surface area contributed by atoms with Crippen LogP contribution in [0.15, 0.2) is 65.8 Å². The Hall–Kier alpha value is -2.75. The summed E-state index contributed by atoms with van der Waals surface area (Å²) in [5.74, 6) is -0.106. The van der Waals surface area contributed by atoms with Gasteiger partial charge in [-0.25, -0.2) is 13.4 Å². The highest BCUT2D eigenvalue weighted by Crippen LogP contribution is 2.33. The van der Waals surface area contributed by atoms with Gasteiger partial charge in [-0.3, -0.25) is 14.4 Å². The fourth-order valence-corrected chi connectivity index (χ4v) is 5.42. The number of sulfone groups is 1. The summed E-state index contributed by atoms with van der Waals surface area (Å²) in [6.07, 6.45) is 3.65. The first-order chi connectivity index (χ1) is 15.4. The van der Waals surface area contributed by atoms with Gasteiger partial charge in [0.05, 0.1) is 33.3 Å². The van der Waals surface area contributed by atoms with Gasteiger partial charge in [0.25, 0.3) is 0 Å². The smallest absolute Gasteiger partial charge is 0.233 e. The second kappa shape index (κ2) is 9.40. The maximum absolute atomic E-state index is 13.3. The summed E-state index contributed by atoms with van der Waals surface area (Å²) in [6.45, 7) is 2.50. The van der Waals surface area contributed by atoms with Crippen LogP contribution >= 0.6 is 22.9 Å². The van der Waals surface area contributed by atoms with Gasteiger partial charge in [-0.05, 0) is 35.9 Å². The number of nitrogens with zero attached hydrogens (tertiary/aromatic N) is 4. The van der Waals surface area contributed by atoms with Gasteiger partial charge in [0.15, 0.2) is 15.0 Å². The van der Waals surface area contributed by atoms with Crippen LogP contribution in [0.4, 0.5) is 5.13 Å². The predicted molar refractivity (Wildman–Crippen MR) is 127 cm³/mol. The third-order valence-electron chi connectivity index (χ3n) is 5.02. The Bertz CT molecular complexity index is 1330. The van der Waals surface area contributed by atoms with Crippen molar-refractivity contribution in [1.82, 2.24) is 14.8 Å². The van der Waals surface area contributed by atoms with Crippen molar-refractivity contribution in [3.05, 3.63) is 71.5 Å². The van der Waals surface area contributed by atoms with Crippen molar-refractivity contribution in [3.63, 3.8) is 0 Å². The predicted octanol–water partition coefficient (Wildman–Crippen LogP) is 4.22. The van der Waals surface area contributed by atoms with E-state index in [4.69, 9.17) is 11.6 Å². The molecular formula is C22H21ClN4O3S2. The highest BCUT2D eigenvalue weighted by molar-refractivity contribution is 7.91. The molecule has 0 atom stereocenters. The minimum Gasteiger partial charge on any atom is -0.286 e. The first kappa shape index (κ1) is 22.4. The monoisotopic (exact) mass is 488 g/mol. The Morgan fingerprint density at radius 2 is 1.94 bits per heavy atom. The zero-order chi connectivity index (χ0) is 22.7. The summed E-state index contributed by atoms with van der Waals surface area (Å²) in [4.78, 5) is 19.8. The molecule has 1 amide bonds. The molecular weight excluding hydrogens is 468 g/mol. The van der Waals surface area contributed by atoms with E-state index in [0.29, 0.717) is 28.8 Å². The van der Waals surface area contributed by atoms with Crippen molar-refractivity contribution in [2.45, 2.75) is 24.8 Å². The van der Waals surface area contributed by atoms with Gasteiger partial charge < -0.3 is 0 Å². The van der Waals surface area contributed by atoms with Gasteiger partial charge in [0.2, 0.25) is 5.91 Å². The van der Waals surface area contributed by atoms with Crippen LogP contribution in [-0.4, -0.2) is 41.4 Å². The molecule has 0 saturated carbocycles. The fourth-order valence-electron chi connectivity index (χ4n) is 3.23. The normalized spacial score (nSPS) is 11.7. The van der Waals surface area contributed by atoms with Crippen molar-refractivity contribution in [3.8, 4) is 0 Å². The molecule has 0 aliphatic rings. The Kier molecular flexibility index (Phi) is 6.59. The summed E-state index contributed by atoms with van der Waals surface area (Å²) in [5, 5.41) is 5.31. The Labute approximate surface area is 195 Å². The number of carbonyl (C=O) groups is 1. The second-order valence-corrected chi connectivity index (χ2v) is 10.8. The van der Waals surface area contributed by atoms with Crippen LogP contribution in [0.25, 0.3) is 10.2 Å². The molecule has 0 spiro atoms. The van der Waals surface area contributed by atoms with Crippen molar-refractivity contribution < 1.29 is 13.2 Å². The van der Waals surface area contributed by atoms with Crippen molar-refractivity contribution in [1.29, 1.82) is 0 Å². The molecule has 2 aromatic heterocycles. The summed E-state index contributed by atoms with van der Waals surface area (Å²) < 4.78 is 26.7. The molecule has 0 bridgehead atoms. The number of carbonyl (C=O) groups excluding carboxylic acids is 1. The summed E-state index contributed by atoms with van der Waals surface area (Å²) in [6, 6.07) is 13.8. The van der Waals surface area contributed by atoms with E-state index < -0.39 is 9.84 Å². The highest BCUT2D eigenvalue weighted by Gasteiger charge is 2.21. The summed E-state index contributed by atoms with van der Waals surface area (Å²) >= 11 is 7.69. The van der Waals surface area contributed by atoms with Crippen molar-refractivity contribution >= 4 is 54.0 Å². The number of hydrogen-bond donors (Lipinski definition) is 0. The van der Waals surface area contributed by atoms with E-state index in [2.05, 4.69) is 10.1 Å². The largest absolute Gasteiger partial charge is 0.286 e. The number of para-hydroxylation sites is 1. The molecule has 2 heterocycles. The van der Waals surface area contributed by atoms with Crippen LogP contribution in [-0.2, 0) is 27.6 Å². The van der Waals surface area contributed by atoms with Gasteiger partial charge in [0.1, 0.15) is 5.52 Å². The van der Waals surface area contributed by atoms with E-state index >= 15 is 0 Å². The van der Waals surface area contributed by atoms with Gasteiger partial charge in [-0.15, -0.1) is 0 Å². The average molecular weight is 489 g/mol. The lowest BCUT2D eigenvalue weighted by molar-refractivity contribution is -0.118. The molecule has 0 saturated heterocycles. The van der Waals surface area contributed by atoms with Crippen molar-refractivity contribution in [2.24, 2.45) is 0 Å². The van der Waals surface area contributed by atoms with E-state index in [9.17, 15) is 13.2 Å². The standard InChI is InChI=1S/C22H21ClN4O3S2/c1-2-32(29,30)17-9-7-16(8-10-17)15-20(28)27(14-13-26-12-4-11-24-26)22-25-21-18(23)5-3-6-19(21)31-22/h3-12H,2,13-15H2,1H3. The molecule has 10 heteroatoms. The lowest BCUT2D eigenvalue weighted by atomic mass is 10.1. The van der Waals surface area contributed by atoms with Crippen LogP contribution in [0, 0.1) is 0 Å². The third kappa shape index (κ3) is 4.85. The number of halogens is 1. The van der Waals surface area contributed by atoms with E-state index in [-0.39, 0.29) is 23.0 Å². The van der Waals surface area contributed by atoms with Crippen LogP contribution in [0.2, 0.25) is 5.02 Å². The van der Waals surface area contributed by atoms with E-state index in [1.54, 1.807) is 53.0 Å². The fraction of sp³-hybridized carbons (Fsp3) is 0.227. The van der Waals surface area contributed by atoms with Crippen molar-refractivity contribution in [2.75, 3.05) is 17.2 Å². The van der Waals surface area contributed by atoms with Crippen LogP contribution < -0.4 is 4.90 Å². The van der Waals surface area contributed by atoms with E-state index in [0.717, 1.165) is 10.3 Å². The Morgan fingerprint density at radius 1 is 1.16 bits per heavy atom. The quantitative estimate of drug-likeness (QED) is 0.371. The number of benzene rings is 2. The molecule has 166 valence electrons. The first-order valence-corrected chi connectivity index (χ1v) is 12.9. The molecule has 0 fully saturated rings. The lowest BCUT2D eigenvalue weighted by Gasteiger charge is -2.20. The topological polar surface area (TPSA) is 85.2 Å². The summed E-state index contributed by atoms with van der Waals surface area (Å²) in [7, 11) is -3.28. The van der Waals surface area contributed by atoms with Gasteiger partial charge >= 0.3 is 0 Å². The van der Waals surface area contributed by atoms with E-state index in [1.807, 2.05) is 24.4 Å². The average Bonchev–Trinajstić information content (AvgIpc) is 3.45.